The van der Waals surface area contributed by atoms with Crippen LogP contribution in [-0.2, 0) is 16.9 Å². The largest absolute Gasteiger partial charge is 0.503 e. The minimum Gasteiger partial charge on any atom is -0.503 e. The van der Waals surface area contributed by atoms with E-state index < -0.39 is 17.5 Å². The lowest BCUT2D eigenvalue weighted by molar-refractivity contribution is -0.125. The molecule has 2 aliphatic rings. The van der Waals surface area contributed by atoms with Crippen molar-refractivity contribution in [2.24, 2.45) is 0 Å². The van der Waals surface area contributed by atoms with Gasteiger partial charge in [-0.2, -0.15) is 0 Å². The number of carbonyl (C=O) groups is 3. The zero-order chi connectivity index (χ0) is 21.0. The van der Waals surface area contributed by atoms with E-state index in [1.165, 1.54) is 18.2 Å². The van der Waals surface area contributed by atoms with Crippen LogP contribution in [0.15, 0.2) is 40.9 Å². The summed E-state index contributed by atoms with van der Waals surface area (Å²) in [7, 11) is 1.50. The van der Waals surface area contributed by atoms with Crippen molar-refractivity contribution in [1.29, 1.82) is 0 Å². The van der Waals surface area contributed by atoms with Crippen LogP contribution in [0.4, 0.5) is 4.79 Å². The standard InChI is InChI=1S/C20H16N4O6/c1-29-11-5-4-10-8-24(17(26)12(10)7-11)9-20(18(27)22-19(28)23-20)16-15(25)14-13(30-16)3-2-6-21-14/h2-7,25H,8-9H2,1H3,(H2,22,23,27,28)/t20-/m0/s1. The number of nitrogens with zero attached hydrogens (tertiary/aromatic N) is 2. The molecule has 3 aromatic rings. The quantitative estimate of drug-likeness (QED) is 0.553. The predicted molar refractivity (Wildman–Crippen MR) is 102 cm³/mol. The second-order valence-corrected chi connectivity index (χ2v) is 7.13. The summed E-state index contributed by atoms with van der Waals surface area (Å²) >= 11 is 0. The van der Waals surface area contributed by atoms with Crippen molar-refractivity contribution in [2.75, 3.05) is 13.7 Å². The Bertz CT molecular complexity index is 1240. The second-order valence-electron chi connectivity index (χ2n) is 7.13. The third-order valence-corrected chi connectivity index (χ3v) is 5.38. The number of ether oxygens (including phenoxy) is 1. The first-order valence-corrected chi connectivity index (χ1v) is 9.09. The molecule has 3 N–H and O–H groups in total. The Morgan fingerprint density at radius 3 is 2.83 bits per heavy atom. The number of nitrogens with one attached hydrogen (secondary N) is 2. The Kier molecular flexibility index (Phi) is 3.72. The molecule has 0 bridgehead atoms. The van der Waals surface area contributed by atoms with Crippen LogP contribution in [0.1, 0.15) is 21.7 Å². The molecule has 152 valence electrons. The number of methoxy groups -OCH3 is 1. The van der Waals surface area contributed by atoms with Crippen molar-refractivity contribution in [3.05, 3.63) is 53.4 Å². The van der Waals surface area contributed by atoms with Crippen LogP contribution in [0.2, 0.25) is 0 Å². The number of benzene rings is 1. The highest BCUT2D eigenvalue weighted by Crippen LogP contribution is 2.40. The van der Waals surface area contributed by atoms with E-state index in [1.54, 1.807) is 30.3 Å². The zero-order valence-electron chi connectivity index (χ0n) is 15.8. The van der Waals surface area contributed by atoms with E-state index in [0.717, 1.165) is 5.56 Å². The van der Waals surface area contributed by atoms with E-state index in [9.17, 15) is 19.5 Å². The number of hydrogen-bond donors (Lipinski definition) is 3. The third-order valence-electron chi connectivity index (χ3n) is 5.38. The molecule has 1 aromatic carbocycles. The second kappa shape index (κ2) is 6.21. The molecule has 1 fully saturated rings. The topological polar surface area (TPSA) is 134 Å². The van der Waals surface area contributed by atoms with Crippen LogP contribution in [-0.4, -0.2) is 46.5 Å². The van der Waals surface area contributed by atoms with Crippen LogP contribution in [0.25, 0.3) is 11.1 Å². The monoisotopic (exact) mass is 408 g/mol. The van der Waals surface area contributed by atoms with Crippen molar-refractivity contribution in [3.8, 4) is 11.5 Å². The number of carbonyl (C=O) groups excluding carboxylic acids is 3. The van der Waals surface area contributed by atoms with E-state index in [2.05, 4.69) is 15.6 Å². The fourth-order valence-corrected chi connectivity index (χ4v) is 3.92. The van der Waals surface area contributed by atoms with Gasteiger partial charge in [0.15, 0.2) is 22.6 Å². The Morgan fingerprint density at radius 1 is 1.30 bits per heavy atom. The van der Waals surface area contributed by atoms with Crippen LogP contribution in [0.5, 0.6) is 11.5 Å². The maximum atomic E-state index is 13.0. The van der Waals surface area contributed by atoms with Gasteiger partial charge < -0.3 is 24.5 Å². The van der Waals surface area contributed by atoms with Gasteiger partial charge in [0, 0.05) is 18.3 Å². The Morgan fingerprint density at radius 2 is 2.13 bits per heavy atom. The summed E-state index contributed by atoms with van der Waals surface area (Å²) in [6, 6.07) is 7.58. The molecule has 0 saturated carbocycles. The minimum atomic E-state index is -1.80. The Balaban J connectivity index is 1.58. The number of rotatable bonds is 4. The molecule has 4 amide bonds. The summed E-state index contributed by atoms with van der Waals surface area (Å²) < 4.78 is 10.9. The molecule has 0 radical (unpaired) electrons. The van der Waals surface area contributed by atoms with Gasteiger partial charge >= 0.3 is 6.03 Å². The normalized spacial score (nSPS) is 20.4. The number of fused-ring (bicyclic) bond motifs is 2. The van der Waals surface area contributed by atoms with Crippen LogP contribution < -0.4 is 15.4 Å². The van der Waals surface area contributed by atoms with Crippen molar-refractivity contribution in [2.45, 2.75) is 12.1 Å². The summed E-state index contributed by atoms with van der Waals surface area (Å²) in [5.41, 5.74) is -0.189. The van der Waals surface area contributed by atoms with Gasteiger partial charge in [0.1, 0.15) is 5.75 Å². The van der Waals surface area contributed by atoms with Gasteiger partial charge in [-0.3, -0.25) is 14.9 Å². The van der Waals surface area contributed by atoms with Gasteiger partial charge in [-0.1, -0.05) is 6.07 Å². The molecule has 30 heavy (non-hydrogen) atoms. The lowest BCUT2D eigenvalue weighted by Crippen LogP contribution is -2.52. The number of aromatic hydroxyl groups is 1. The van der Waals surface area contributed by atoms with Gasteiger partial charge in [-0.05, 0) is 29.8 Å². The Labute approximate surface area is 169 Å². The number of furan rings is 1. The van der Waals surface area contributed by atoms with E-state index in [4.69, 9.17) is 9.15 Å². The molecule has 0 aliphatic carbocycles. The number of urea groups is 1. The summed E-state index contributed by atoms with van der Waals surface area (Å²) in [6.45, 7) is -0.0178. The van der Waals surface area contributed by atoms with E-state index >= 15 is 0 Å². The molecule has 1 saturated heterocycles. The number of hydrogen-bond acceptors (Lipinski definition) is 7. The Hall–Kier alpha value is -4.08. The van der Waals surface area contributed by atoms with Gasteiger partial charge in [0.25, 0.3) is 11.8 Å². The highest BCUT2D eigenvalue weighted by molar-refractivity contribution is 6.09. The first kappa shape index (κ1) is 18.0. The summed E-state index contributed by atoms with van der Waals surface area (Å²) in [5, 5.41) is 15.4. The molecular weight excluding hydrogens is 392 g/mol. The average molecular weight is 408 g/mol. The summed E-state index contributed by atoms with van der Waals surface area (Å²) in [5.74, 6) is -1.07. The SMILES string of the molecule is COc1ccc2c(c1)C(=O)N(C[C@@]1(c3oc4cccnc4c3O)NC(=O)NC1=O)C2. The molecular formula is C20H16N4O6. The minimum absolute atomic E-state index is 0.154. The lowest BCUT2D eigenvalue weighted by atomic mass is 9.94. The van der Waals surface area contributed by atoms with E-state index in [0.29, 0.717) is 11.3 Å². The van der Waals surface area contributed by atoms with Gasteiger partial charge in [-0.25, -0.2) is 9.78 Å². The first-order chi connectivity index (χ1) is 14.4. The summed E-state index contributed by atoms with van der Waals surface area (Å²) in [4.78, 5) is 43.4. The molecule has 1 atom stereocenters. The third kappa shape index (κ3) is 2.43. The van der Waals surface area contributed by atoms with Crippen molar-refractivity contribution in [3.63, 3.8) is 0 Å². The van der Waals surface area contributed by atoms with Crippen molar-refractivity contribution < 1.29 is 28.6 Å². The van der Waals surface area contributed by atoms with Crippen LogP contribution in [0, 0.1) is 0 Å². The zero-order valence-corrected chi connectivity index (χ0v) is 15.8. The first-order valence-electron chi connectivity index (χ1n) is 9.09. The van der Waals surface area contributed by atoms with Crippen molar-refractivity contribution >= 4 is 28.9 Å². The average Bonchev–Trinajstić information content (AvgIpc) is 3.34. The van der Waals surface area contributed by atoms with Crippen LogP contribution in [0.3, 0.4) is 0 Å². The fraction of sp³-hybridized carbons (Fsp3) is 0.200. The van der Waals surface area contributed by atoms with Gasteiger partial charge in [0.2, 0.25) is 5.54 Å². The highest BCUT2D eigenvalue weighted by Gasteiger charge is 2.54. The molecule has 0 spiro atoms. The van der Waals surface area contributed by atoms with E-state index in [1.807, 2.05) is 0 Å². The smallest absolute Gasteiger partial charge is 0.322 e. The summed E-state index contributed by atoms with van der Waals surface area (Å²) in [6.07, 6.45) is 1.47. The van der Waals surface area contributed by atoms with E-state index in [-0.39, 0.29) is 41.6 Å². The molecule has 10 nitrogen and oxygen atoms in total. The number of imide groups is 1. The maximum absolute atomic E-state index is 13.0. The van der Waals surface area contributed by atoms with Crippen molar-refractivity contribution in [1.82, 2.24) is 20.5 Å². The fourth-order valence-electron chi connectivity index (χ4n) is 3.92. The molecule has 4 heterocycles. The van der Waals surface area contributed by atoms with Gasteiger partial charge in [-0.15, -0.1) is 0 Å². The number of amides is 4. The lowest BCUT2D eigenvalue weighted by Gasteiger charge is -2.29. The predicted octanol–water partition coefficient (Wildman–Crippen LogP) is 1.23. The molecule has 2 aromatic heterocycles. The molecule has 5 rings (SSSR count). The molecule has 2 aliphatic heterocycles. The van der Waals surface area contributed by atoms with Gasteiger partial charge in [0.05, 0.1) is 13.7 Å². The highest BCUT2D eigenvalue weighted by atomic mass is 16.5. The number of pyridine rings is 1. The molecule has 10 heteroatoms. The van der Waals surface area contributed by atoms with Crippen LogP contribution >= 0.6 is 0 Å². The maximum Gasteiger partial charge on any atom is 0.322 e. The molecule has 0 unspecified atom stereocenters. The number of aromatic nitrogens is 1.